The lowest BCUT2D eigenvalue weighted by Crippen LogP contribution is -2.24. The number of anilines is 1. The molecule has 1 heterocycles. The third-order valence-electron chi connectivity index (χ3n) is 4.79. The molecular weight excluding hydrogens is 392 g/mol. The molecule has 156 valence electrons. The van der Waals surface area contributed by atoms with Crippen molar-refractivity contribution in [3.8, 4) is 5.75 Å². The van der Waals surface area contributed by atoms with E-state index in [1.54, 1.807) is 31.1 Å². The third kappa shape index (κ3) is 5.35. The van der Waals surface area contributed by atoms with Crippen molar-refractivity contribution in [2.45, 2.75) is 31.2 Å². The van der Waals surface area contributed by atoms with E-state index in [0.717, 1.165) is 29.8 Å². The summed E-state index contributed by atoms with van der Waals surface area (Å²) in [5.74, 6) is 0.761. The summed E-state index contributed by atoms with van der Waals surface area (Å²) in [6.45, 7) is 3.57. The number of methoxy groups -OCH3 is 1. The number of benzene rings is 2. The second-order valence-electron chi connectivity index (χ2n) is 6.91. The van der Waals surface area contributed by atoms with Gasteiger partial charge in [-0.15, -0.1) is 0 Å². The van der Waals surface area contributed by atoms with Crippen molar-refractivity contribution < 1.29 is 22.7 Å². The van der Waals surface area contributed by atoms with Crippen LogP contribution in [0.4, 0.5) is 5.69 Å². The molecule has 0 atom stereocenters. The quantitative estimate of drug-likeness (QED) is 0.633. The monoisotopic (exact) mass is 418 g/mol. The molecule has 0 unspecified atom stereocenters. The highest BCUT2D eigenvalue weighted by molar-refractivity contribution is 7.89. The molecule has 0 aromatic heterocycles. The first kappa shape index (κ1) is 21.3. The highest BCUT2D eigenvalue weighted by Crippen LogP contribution is 2.23. The largest absolute Gasteiger partial charge is 0.491 e. The number of hydrogen-bond acceptors (Lipinski definition) is 5. The maximum Gasteiger partial charge on any atom is 0.240 e. The van der Waals surface area contributed by atoms with Crippen LogP contribution in [-0.2, 0) is 26.1 Å². The van der Waals surface area contributed by atoms with Crippen molar-refractivity contribution >= 4 is 21.6 Å². The Labute approximate surface area is 171 Å². The molecule has 1 aliphatic heterocycles. The molecule has 2 aromatic carbocycles. The number of rotatable bonds is 9. The van der Waals surface area contributed by atoms with Gasteiger partial charge < -0.3 is 14.4 Å². The first-order valence-corrected chi connectivity index (χ1v) is 11.0. The van der Waals surface area contributed by atoms with Gasteiger partial charge in [-0.3, -0.25) is 4.79 Å². The molecule has 0 bridgehead atoms. The van der Waals surface area contributed by atoms with Crippen molar-refractivity contribution in [1.82, 2.24) is 4.72 Å². The van der Waals surface area contributed by atoms with Gasteiger partial charge in [0.25, 0.3) is 0 Å². The predicted molar refractivity (Wildman–Crippen MR) is 111 cm³/mol. The standard InChI is InChI=1S/C21H26N2O5S/c1-16-14-19(9-10-20(16)28-13-12-27-2)29(25,26)22-15-17-5-7-18(8-6-17)23-11-3-4-21(23)24/h5-10,14,22H,3-4,11-13,15H2,1-2H3. The van der Waals surface area contributed by atoms with Crippen LogP contribution in [0.25, 0.3) is 0 Å². The first-order chi connectivity index (χ1) is 13.9. The van der Waals surface area contributed by atoms with Crippen molar-refractivity contribution in [3.63, 3.8) is 0 Å². The van der Waals surface area contributed by atoms with E-state index in [4.69, 9.17) is 9.47 Å². The molecule has 0 saturated carbocycles. The molecule has 3 rings (SSSR count). The third-order valence-corrected chi connectivity index (χ3v) is 6.19. The molecular formula is C21H26N2O5S. The van der Waals surface area contributed by atoms with Crippen LogP contribution in [0.2, 0.25) is 0 Å². The zero-order valence-electron chi connectivity index (χ0n) is 16.7. The van der Waals surface area contributed by atoms with Crippen LogP contribution in [0.3, 0.4) is 0 Å². The predicted octanol–water partition coefficient (Wildman–Crippen LogP) is 2.63. The van der Waals surface area contributed by atoms with E-state index in [1.807, 2.05) is 24.3 Å². The van der Waals surface area contributed by atoms with E-state index < -0.39 is 10.0 Å². The van der Waals surface area contributed by atoms with Crippen molar-refractivity contribution in [2.75, 3.05) is 31.8 Å². The van der Waals surface area contributed by atoms with Gasteiger partial charge in [-0.25, -0.2) is 13.1 Å². The highest BCUT2D eigenvalue weighted by atomic mass is 32.2. The molecule has 7 nitrogen and oxygen atoms in total. The summed E-state index contributed by atoms with van der Waals surface area (Å²) < 4.78 is 38.4. The lowest BCUT2D eigenvalue weighted by Gasteiger charge is -2.16. The van der Waals surface area contributed by atoms with E-state index >= 15 is 0 Å². The van der Waals surface area contributed by atoms with Crippen LogP contribution in [0.1, 0.15) is 24.0 Å². The van der Waals surface area contributed by atoms with Crippen LogP contribution in [0, 0.1) is 6.92 Å². The topological polar surface area (TPSA) is 84.9 Å². The Morgan fingerprint density at radius 1 is 1.10 bits per heavy atom. The van der Waals surface area contributed by atoms with Crippen LogP contribution in [0.5, 0.6) is 5.75 Å². The molecule has 1 saturated heterocycles. The first-order valence-electron chi connectivity index (χ1n) is 9.52. The number of nitrogens with one attached hydrogen (secondary N) is 1. The van der Waals surface area contributed by atoms with E-state index in [2.05, 4.69) is 4.72 Å². The number of aryl methyl sites for hydroxylation is 1. The van der Waals surface area contributed by atoms with Gasteiger partial charge in [0, 0.05) is 32.3 Å². The van der Waals surface area contributed by atoms with Crippen molar-refractivity contribution in [3.05, 3.63) is 53.6 Å². The normalized spacial score (nSPS) is 14.4. The van der Waals surface area contributed by atoms with Gasteiger partial charge in [0.05, 0.1) is 11.5 Å². The Bertz CT molecular complexity index is 958. The summed E-state index contributed by atoms with van der Waals surface area (Å²) in [4.78, 5) is 13.8. The SMILES string of the molecule is COCCOc1ccc(S(=O)(=O)NCc2ccc(N3CCCC3=O)cc2)cc1C. The maximum absolute atomic E-state index is 12.6. The fourth-order valence-electron chi connectivity index (χ4n) is 3.16. The van der Waals surface area contributed by atoms with Crippen LogP contribution < -0.4 is 14.4 Å². The Morgan fingerprint density at radius 3 is 2.48 bits per heavy atom. The van der Waals surface area contributed by atoms with E-state index in [0.29, 0.717) is 25.4 Å². The summed E-state index contributed by atoms with van der Waals surface area (Å²) in [5.41, 5.74) is 2.41. The molecule has 0 aliphatic carbocycles. The van der Waals surface area contributed by atoms with Gasteiger partial charge in [-0.05, 0) is 54.8 Å². The van der Waals surface area contributed by atoms with Gasteiger partial charge in [-0.2, -0.15) is 0 Å². The molecule has 0 radical (unpaired) electrons. The highest BCUT2D eigenvalue weighted by Gasteiger charge is 2.21. The van der Waals surface area contributed by atoms with Crippen LogP contribution >= 0.6 is 0 Å². The number of amides is 1. The van der Waals surface area contributed by atoms with Crippen molar-refractivity contribution in [1.29, 1.82) is 0 Å². The minimum atomic E-state index is -3.65. The summed E-state index contributed by atoms with van der Waals surface area (Å²) in [6, 6.07) is 12.1. The zero-order valence-corrected chi connectivity index (χ0v) is 17.5. The van der Waals surface area contributed by atoms with Gasteiger partial charge in [0.1, 0.15) is 12.4 Å². The van der Waals surface area contributed by atoms with Gasteiger partial charge in [-0.1, -0.05) is 12.1 Å². The number of carbonyl (C=O) groups excluding carboxylic acids is 1. The second-order valence-corrected chi connectivity index (χ2v) is 8.68. The lowest BCUT2D eigenvalue weighted by atomic mass is 10.2. The fourth-order valence-corrected chi connectivity index (χ4v) is 4.26. The summed E-state index contributed by atoms with van der Waals surface area (Å²) >= 11 is 0. The molecule has 1 amide bonds. The number of sulfonamides is 1. The summed E-state index contributed by atoms with van der Waals surface area (Å²) in [7, 11) is -2.06. The molecule has 1 aliphatic rings. The second kappa shape index (κ2) is 9.39. The Hall–Kier alpha value is -2.42. The Morgan fingerprint density at radius 2 is 1.86 bits per heavy atom. The average molecular weight is 419 g/mol. The summed E-state index contributed by atoms with van der Waals surface area (Å²) in [5, 5.41) is 0. The van der Waals surface area contributed by atoms with Gasteiger partial charge in [0.15, 0.2) is 0 Å². The zero-order chi connectivity index (χ0) is 20.9. The average Bonchev–Trinajstić information content (AvgIpc) is 3.14. The molecule has 1 N–H and O–H groups in total. The number of ether oxygens (including phenoxy) is 2. The Kier molecular flexibility index (Phi) is 6.89. The maximum atomic E-state index is 12.6. The number of nitrogens with zero attached hydrogens (tertiary/aromatic N) is 1. The van der Waals surface area contributed by atoms with E-state index in [9.17, 15) is 13.2 Å². The summed E-state index contributed by atoms with van der Waals surface area (Å²) in [6.07, 6.45) is 1.45. The Balaban J connectivity index is 1.62. The molecule has 1 fully saturated rings. The molecule has 29 heavy (non-hydrogen) atoms. The van der Waals surface area contributed by atoms with E-state index in [1.165, 1.54) is 6.07 Å². The van der Waals surface area contributed by atoms with E-state index in [-0.39, 0.29) is 17.3 Å². The smallest absolute Gasteiger partial charge is 0.240 e. The van der Waals surface area contributed by atoms with Crippen LogP contribution in [-0.4, -0.2) is 41.2 Å². The van der Waals surface area contributed by atoms with Crippen LogP contribution in [0.15, 0.2) is 47.4 Å². The van der Waals surface area contributed by atoms with Gasteiger partial charge in [0.2, 0.25) is 15.9 Å². The minimum Gasteiger partial charge on any atom is -0.491 e. The molecule has 8 heteroatoms. The molecule has 0 spiro atoms. The lowest BCUT2D eigenvalue weighted by molar-refractivity contribution is -0.117. The molecule has 2 aromatic rings. The fraction of sp³-hybridized carbons (Fsp3) is 0.381. The van der Waals surface area contributed by atoms with Gasteiger partial charge >= 0.3 is 0 Å². The minimum absolute atomic E-state index is 0.128. The number of hydrogen-bond donors (Lipinski definition) is 1. The van der Waals surface area contributed by atoms with Crippen molar-refractivity contribution in [2.24, 2.45) is 0 Å². The number of carbonyl (C=O) groups is 1.